The first kappa shape index (κ1) is 18.2. The fraction of sp³-hybridized carbons (Fsp3) is 0.286. The Hall–Kier alpha value is -3.22. The van der Waals surface area contributed by atoms with E-state index < -0.39 is 5.82 Å². The quantitative estimate of drug-likeness (QED) is 0.667. The second-order valence-electron chi connectivity index (χ2n) is 6.81. The van der Waals surface area contributed by atoms with Crippen LogP contribution in [0.2, 0.25) is 0 Å². The number of methoxy groups -OCH3 is 1. The van der Waals surface area contributed by atoms with Crippen LogP contribution in [0.25, 0.3) is 11.4 Å². The lowest BCUT2D eigenvalue weighted by molar-refractivity contribution is -0.130. The van der Waals surface area contributed by atoms with Gasteiger partial charge in [0.05, 0.1) is 7.11 Å². The summed E-state index contributed by atoms with van der Waals surface area (Å²) in [6, 6.07) is 12.2. The molecular formula is C21H20FN3O3. The van der Waals surface area contributed by atoms with E-state index in [9.17, 15) is 9.18 Å². The van der Waals surface area contributed by atoms with Crippen molar-refractivity contribution in [1.29, 1.82) is 0 Å². The highest BCUT2D eigenvalue weighted by Crippen LogP contribution is 2.34. The summed E-state index contributed by atoms with van der Waals surface area (Å²) in [6.45, 7) is 2.51. The minimum atomic E-state index is -0.497. The first-order chi connectivity index (χ1) is 13.6. The van der Waals surface area contributed by atoms with Crippen LogP contribution in [-0.2, 0) is 11.3 Å². The molecular weight excluding hydrogens is 361 g/mol. The van der Waals surface area contributed by atoms with Crippen LogP contribution in [0.4, 0.5) is 4.39 Å². The van der Waals surface area contributed by atoms with Crippen molar-refractivity contribution < 1.29 is 18.4 Å². The zero-order valence-corrected chi connectivity index (χ0v) is 15.7. The predicted octanol–water partition coefficient (Wildman–Crippen LogP) is 4.06. The predicted molar refractivity (Wildman–Crippen MR) is 99.9 cm³/mol. The maximum Gasteiger partial charge on any atom is 0.249 e. The van der Waals surface area contributed by atoms with Gasteiger partial charge in [0, 0.05) is 18.5 Å². The number of halogens is 1. The first-order valence-corrected chi connectivity index (χ1v) is 9.08. The monoisotopic (exact) mass is 381 g/mol. The molecule has 0 bridgehead atoms. The van der Waals surface area contributed by atoms with E-state index in [1.807, 2.05) is 31.2 Å². The third-order valence-electron chi connectivity index (χ3n) is 5.07. The molecule has 6 nitrogen and oxygen atoms in total. The van der Waals surface area contributed by atoms with Crippen LogP contribution < -0.4 is 4.74 Å². The summed E-state index contributed by atoms with van der Waals surface area (Å²) in [4.78, 5) is 18.6. The number of benzene rings is 2. The second-order valence-corrected chi connectivity index (χ2v) is 6.81. The van der Waals surface area contributed by atoms with Crippen molar-refractivity contribution in [3.63, 3.8) is 0 Å². The molecule has 1 amide bonds. The van der Waals surface area contributed by atoms with Crippen LogP contribution in [0, 0.1) is 12.7 Å². The average molecular weight is 381 g/mol. The molecule has 0 spiro atoms. The fourth-order valence-electron chi connectivity index (χ4n) is 3.45. The number of hydrogen-bond acceptors (Lipinski definition) is 5. The van der Waals surface area contributed by atoms with E-state index in [1.54, 1.807) is 11.0 Å². The maximum atomic E-state index is 14.0. The summed E-state index contributed by atoms with van der Waals surface area (Å²) in [5, 5.41) is 3.98. The maximum absolute atomic E-state index is 14.0. The fourth-order valence-corrected chi connectivity index (χ4v) is 3.45. The van der Waals surface area contributed by atoms with Crippen LogP contribution in [0.3, 0.4) is 0 Å². The average Bonchev–Trinajstić information content (AvgIpc) is 3.31. The molecule has 0 radical (unpaired) electrons. The number of carbonyl (C=O) groups is 1. The first-order valence-electron chi connectivity index (χ1n) is 9.08. The standard InChI is InChI=1S/C21H20FN3O3/c1-13-5-3-4-6-15(13)12-25-17(8-10-19(25)26)21-23-20(24-28-21)14-7-9-18(27-2)16(22)11-14/h3-7,9,11,17H,8,10,12H2,1-2H3. The van der Waals surface area contributed by atoms with Gasteiger partial charge in [0.25, 0.3) is 0 Å². The lowest BCUT2D eigenvalue weighted by Gasteiger charge is -2.23. The topological polar surface area (TPSA) is 68.5 Å². The van der Waals surface area contributed by atoms with Gasteiger partial charge in [0.2, 0.25) is 17.6 Å². The second kappa shape index (κ2) is 7.42. The molecule has 3 aromatic rings. The van der Waals surface area contributed by atoms with Gasteiger partial charge in [-0.3, -0.25) is 4.79 Å². The lowest BCUT2D eigenvalue weighted by atomic mass is 10.1. The van der Waals surface area contributed by atoms with Gasteiger partial charge in [0.15, 0.2) is 11.6 Å². The molecule has 1 aliphatic rings. The molecule has 1 aromatic heterocycles. The Morgan fingerprint density at radius 3 is 2.86 bits per heavy atom. The van der Waals surface area contributed by atoms with Gasteiger partial charge < -0.3 is 14.2 Å². The molecule has 2 aromatic carbocycles. The molecule has 144 valence electrons. The van der Waals surface area contributed by atoms with E-state index >= 15 is 0 Å². The minimum Gasteiger partial charge on any atom is -0.494 e. The van der Waals surface area contributed by atoms with Crippen molar-refractivity contribution in [2.75, 3.05) is 7.11 Å². The van der Waals surface area contributed by atoms with E-state index in [-0.39, 0.29) is 23.5 Å². The Morgan fingerprint density at radius 2 is 2.11 bits per heavy atom. The summed E-state index contributed by atoms with van der Waals surface area (Å²) in [5.41, 5.74) is 2.70. The van der Waals surface area contributed by atoms with Crippen LogP contribution >= 0.6 is 0 Å². The normalized spacial score (nSPS) is 16.6. The van der Waals surface area contributed by atoms with Crippen molar-refractivity contribution in [2.45, 2.75) is 32.4 Å². The smallest absolute Gasteiger partial charge is 0.249 e. The Kier molecular flexibility index (Phi) is 4.81. The molecule has 0 aliphatic carbocycles. The molecule has 1 atom stereocenters. The van der Waals surface area contributed by atoms with Crippen molar-refractivity contribution in [3.8, 4) is 17.1 Å². The van der Waals surface area contributed by atoms with Crippen LogP contribution in [-0.4, -0.2) is 28.1 Å². The summed E-state index contributed by atoms with van der Waals surface area (Å²) in [6.07, 6.45) is 1.05. The molecule has 2 heterocycles. The Bertz CT molecular complexity index is 1020. The molecule has 7 heteroatoms. The van der Waals surface area contributed by atoms with Gasteiger partial charge >= 0.3 is 0 Å². The minimum absolute atomic E-state index is 0.0588. The van der Waals surface area contributed by atoms with Gasteiger partial charge in [-0.2, -0.15) is 4.98 Å². The lowest BCUT2D eigenvalue weighted by Crippen LogP contribution is -2.27. The zero-order valence-electron chi connectivity index (χ0n) is 15.7. The number of aromatic nitrogens is 2. The zero-order chi connectivity index (χ0) is 19.7. The summed E-state index contributed by atoms with van der Waals surface area (Å²) < 4.78 is 24.3. The Morgan fingerprint density at radius 1 is 1.29 bits per heavy atom. The number of likely N-dealkylation sites (tertiary alicyclic amines) is 1. The van der Waals surface area contributed by atoms with E-state index in [0.29, 0.717) is 30.8 Å². The highest BCUT2D eigenvalue weighted by Gasteiger charge is 2.36. The van der Waals surface area contributed by atoms with E-state index in [0.717, 1.165) is 11.1 Å². The highest BCUT2D eigenvalue weighted by atomic mass is 19.1. The summed E-state index contributed by atoms with van der Waals surface area (Å²) in [7, 11) is 1.41. The largest absolute Gasteiger partial charge is 0.494 e. The summed E-state index contributed by atoms with van der Waals surface area (Å²) in [5.74, 6) is 0.364. The third-order valence-corrected chi connectivity index (χ3v) is 5.07. The molecule has 1 saturated heterocycles. The number of aryl methyl sites for hydroxylation is 1. The van der Waals surface area contributed by atoms with Crippen LogP contribution in [0.1, 0.15) is 35.9 Å². The number of rotatable bonds is 5. The van der Waals surface area contributed by atoms with E-state index in [1.165, 1.54) is 19.2 Å². The van der Waals surface area contributed by atoms with Gasteiger partial charge in [-0.05, 0) is 42.7 Å². The molecule has 1 unspecified atom stereocenters. The molecule has 0 saturated carbocycles. The number of amides is 1. The van der Waals surface area contributed by atoms with Crippen LogP contribution in [0.15, 0.2) is 47.0 Å². The van der Waals surface area contributed by atoms with Crippen molar-refractivity contribution in [2.24, 2.45) is 0 Å². The summed E-state index contributed by atoms with van der Waals surface area (Å²) >= 11 is 0. The third kappa shape index (κ3) is 3.35. The van der Waals surface area contributed by atoms with Crippen LogP contribution in [0.5, 0.6) is 5.75 Å². The Labute approximate surface area is 161 Å². The van der Waals surface area contributed by atoms with Crippen molar-refractivity contribution in [3.05, 3.63) is 65.3 Å². The molecule has 4 rings (SSSR count). The number of carbonyl (C=O) groups excluding carboxylic acids is 1. The van der Waals surface area contributed by atoms with Gasteiger partial charge in [-0.15, -0.1) is 0 Å². The molecule has 0 N–H and O–H groups in total. The molecule has 1 aliphatic heterocycles. The van der Waals surface area contributed by atoms with Gasteiger partial charge in [0.1, 0.15) is 6.04 Å². The molecule has 1 fully saturated rings. The van der Waals surface area contributed by atoms with Gasteiger partial charge in [-0.25, -0.2) is 4.39 Å². The molecule has 28 heavy (non-hydrogen) atoms. The number of hydrogen-bond donors (Lipinski definition) is 0. The van der Waals surface area contributed by atoms with E-state index in [2.05, 4.69) is 10.1 Å². The SMILES string of the molecule is COc1ccc(-c2noc(C3CCC(=O)N3Cc3ccccc3C)n2)cc1F. The van der Waals surface area contributed by atoms with Crippen molar-refractivity contribution >= 4 is 5.91 Å². The van der Waals surface area contributed by atoms with Gasteiger partial charge in [-0.1, -0.05) is 29.4 Å². The highest BCUT2D eigenvalue weighted by molar-refractivity contribution is 5.79. The number of ether oxygens (including phenoxy) is 1. The number of nitrogens with zero attached hydrogens (tertiary/aromatic N) is 3. The Balaban J connectivity index is 1.59. The van der Waals surface area contributed by atoms with E-state index in [4.69, 9.17) is 9.26 Å². The van der Waals surface area contributed by atoms with Crippen molar-refractivity contribution in [1.82, 2.24) is 15.0 Å².